The number of nitrogens with zero attached hydrogens (tertiary/aromatic N) is 4. The van der Waals surface area contributed by atoms with Gasteiger partial charge in [0.05, 0.1) is 12.4 Å². The molecule has 0 spiro atoms. The van der Waals surface area contributed by atoms with E-state index in [1.807, 2.05) is 23.1 Å². The van der Waals surface area contributed by atoms with Crippen molar-refractivity contribution < 1.29 is 4.79 Å². The number of anilines is 2. The number of fused-ring (bicyclic) bond motifs is 1. The van der Waals surface area contributed by atoms with E-state index in [1.165, 1.54) is 5.56 Å². The average Bonchev–Trinajstić information content (AvgIpc) is 2.62. The molecule has 0 saturated heterocycles. The van der Waals surface area contributed by atoms with Crippen molar-refractivity contribution in [3.8, 4) is 0 Å². The maximum absolute atomic E-state index is 12.8. The van der Waals surface area contributed by atoms with Crippen molar-refractivity contribution in [1.29, 1.82) is 0 Å². The maximum atomic E-state index is 12.8. The Kier molecular flexibility index (Phi) is 4.55. The molecule has 0 unspecified atom stereocenters. The summed E-state index contributed by atoms with van der Waals surface area (Å²) in [4.78, 5) is 25.5. The molecule has 2 aromatic rings. The van der Waals surface area contributed by atoms with Gasteiger partial charge in [-0.1, -0.05) is 18.2 Å². The van der Waals surface area contributed by atoms with Crippen LogP contribution in [0.3, 0.4) is 0 Å². The van der Waals surface area contributed by atoms with E-state index < -0.39 is 0 Å². The van der Waals surface area contributed by atoms with Crippen LogP contribution in [0.4, 0.5) is 11.5 Å². The highest BCUT2D eigenvalue weighted by Gasteiger charge is 2.24. The normalized spacial score (nSPS) is 13.6. The van der Waals surface area contributed by atoms with Crippen molar-refractivity contribution in [2.75, 3.05) is 29.4 Å². The molecule has 5 nitrogen and oxygen atoms in total. The Bertz CT molecular complexity index is 680. The van der Waals surface area contributed by atoms with Crippen LogP contribution in [0.5, 0.6) is 0 Å². The number of para-hydroxylation sites is 1. The van der Waals surface area contributed by atoms with Crippen molar-refractivity contribution in [3.63, 3.8) is 0 Å². The van der Waals surface area contributed by atoms with E-state index in [4.69, 9.17) is 0 Å². The predicted octanol–water partition coefficient (Wildman–Crippen LogP) is 2.92. The number of aryl methyl sites for hydroxylation is 1. The fraction of sp³-hybridized carbons (Fsp3) is 0.389. The highest BCUT2D eigenvalue weighted by molar-refractivity contribution is 6.05. The van der Waals surface area contributed by atoms with E-state index in [0.29, 0.717) is 5.69 Å². The summed E-state index contributed by atoms with van der Waals surface area (Å²) < 4.78 is 0. The Labute approximate surface area is 137 Å². The lowest BCUT2D eigenvalue weighted by Crippen LogP contribution is -2.36. The van der Waals surface area contributed by atoms with E-state index in [0.717, 1.165) is 44.0 Å². The zero-order valence-corrected chi connectivity index (χ0v) is 13.7. The molecular formula is C18H22N4O. The number of rotatable bonds is 4. The molecule has 0 bridgehead atoms. The summed E-state index contributed by atoms with van der Waals surface area (Å²) in [7, 11) is 0. The minimum Gasteiger partial charge on any atom is -0.356 e. The van der Waals surface area contributed by atoms with E-state index in [9.17, 15) is 4.79 Å². The summed E-state index contributed by atoms with van der Waals surface area (Å²) >= 11 is 0. The van der Waals surface area contributed by atoms with E-state index in [1.54, 1.807) is 12.4 Å². The third-order valence-electron chi connectivity index (χ3n) is 4.30. The van der Waals surface area contributed by atoms with Crippen LogP contribution in [0, 0.1) is 0 Å². The van der Waals surface area contributed by atoms with Crippen molar-refractivity contribution in [1.82, 2.24) is 9.97 Å². The van der Waals surface area contributed by atoms with Gasteiger partial charge in [0.25, 0.3) is 5.91 Å². The first-order chi connectivity index (χ1) is 11.2. The second kappa shape index (κ2) is 6.77. The van der Waals surface area contributed by atoms with Crippen molar-refractivity contribution >= 4 is 17.4 Å². The maximum Gasteiger partial charge on any atom is 0.278 e. The molecule has 1 aromatic carbocycles. The van der Waals surface area contributed by atoms with Crippen LogP contribution in [0.25, 0.3) is 0 Å². The van der Waals surface area contributed by atoms with Gasteiger partial charge in [-0.2, -0.15) is 0 Å². The number of carbonyl (C=O) groups is 1. The largest absolute Gasteiger partial charge is 0.356 e. The predicted molar refractivity (Wildman–Crippen MR) is 92.0 cm³/mol. The molecule has 0 atom stereocenters. The number of hydrogen-bond donors (Lipinski definition) is 0. The van der Waals surface area contributed by atoms with Crippen LogP contribution in [0.15, 0.2) is 36.7 Å². The van der Waals surface area contributed by atoms with Gasteiger partial charge in [0.15, 0.2) is 0 Å². The van der Waals surface area contributed by atoms with Gasteiger partial charge in [0, 0.05) is 25.3 Å². The summed E-state index contributed by atoms with van der Waals surface area (Å²) in [6, 6.07) is 8.08. The van der Waals surface area contributed by atoms with E-state index >= 15 is 0 Å². The summed E-state index contributed by atoms with van der Waals surface area (Å²) in [6.45, 7) is 6.63. The van der Waals surface area contributed by atoms with Crippen LogP contribution < -0.4 is 9.80 Å². The van der Waals surface area contributed by atoms with Gasteiger partial charge in [-0.15, -0.1) is 0 Å². The highest BCUT2D eigenvalue weighted by Crippen LogP contribution is 2.27. The Balaban J connectivity index is 1.84. The van der Waals surface area contributed by atoms with Crippen LogP contribution >= 0.6 is 0 Å². The number of aromatic nitrogens is 2. The molecule has 2 heterocycles. The fourth-order valence-electron chi connectivity index (χ4n) is 3.03. The summed E-state index contributed by atoms with van der Waals surface area (Å²) in [5.41, 5.74) is 2.62. The zero-order chi connectivity index (χ0) is 16.2. The highest BCUT2D eigenvalue weighted by atomic mass is 16.2. The summed E-state index contributed by atoms with van der Waals surface area (Å²) in [5, 5.41) is 0. The first-order valence-corrected chi connectivity index (χ1v) is 8.21. The third kappa shape index (κ3) is 3.04. The topological polar surface area (TPSA) is 49.3 Å². The lowest BCUT2D eigenvalue weighted by molar-refractivity contribution is 0.0980. The van der Waals surface area contributed by atoms with Gasteiger partial charge in [-0.25, -0.2) is 9.97 Å². The first kappa shape index (κ1) is 15.5. The van der Waals surface area contributed by atoms with Crippen molar-refractivity contribution in [2.24, 2.45) is 0 Å². The fourth-order valence-corrected chi connectivity index (χ4v) is 3.03. The second-order valence-electron chi connectivity index (χ2n) is 5.62. The molecular weight excluding hydrogens is 288 g/mol. The lowest BCUT2D eigenvalue weighted by atomic mass is 10.0. The number of amides is 1. The molecule has 120 valence electrons. The molecule has 5 heteroatoms. The number of benzene rings is 1. The number of carbonyl (C=O) groups excluding carboxylic acids is 1. The quantitative estimate of drug-likeness (QED) is 0.871. The Morgan fingerprint density at radius 3 is 2.65 bits per heavy atom. The molecule has 0 saturated carbocycles. The number of hydrogen-bond acceptors (Lipinski definition) is 4. The van der Waals surface area contributed by atoms with Gasteiger partial charge < -0.3 is 9.80 Å². The zero-order valence-electron chi connectivity index (χ0n) is 13.7. The molecule has 1 aliphatic heterocycles. The Hall–Kier alpha value is -2.43. The molecule has 3 rings (SSSR count). The molecule has 0 aliphatic carbocycles. The third-order valence-corrected chi connectivity index (χ3v) is 4.30. The Morgan fingerprint density at radius 2 is 1.96 bits per heavy atom. The Morgan fingerprint density at radius 1 is 1.17 bits per heavy atom. The summed E-state index contributed by atoms with van der Waals surface area (Å²) in [5.74, 6) is 0.737. The standard InChI is InChI=1S/C18H22N4O/c1-3-21(4-2)17-13-19-15(12-20-17)18(23)22-11-7-9-14-8-5-6-10-16(14)22/h5-6,8,10,12-13H,3-4,7,9,11H2,1-2H3. The van der Waals surface area contributed by atoms with Gasteiger partial charge in [-0.05, 0) is 38.3 Å². The molecule has 0 fully saturated rings. The van der Waals surface area contributed by atoms with Crippen molar-refractivity contribution in [2.45, 2.75) is 26.7 Å². The monoisotopic (exact) mass is 310 g/mol. The minimum absolute atomic E-state index is 0.0734. The molecule has 1 amide bonds. The summed E-state index contributed by atoms with van der Waals surface area (Å²) in [6.07, 6.45) is 5.28. The second-order valence-corrected chi connectivity index (χ2v) is 5.62. The molecule has 0 radical (unpaired) electrons. The minimum atomic E-state index is -0.0734. The van der Waals surface area contributed by atoms with Gasteiger partial charge in [0.1, 0.15) is 11.5 Å². The van der Waals surface area contributed by atoms with Gasteiger partial charge >= 0.3 is 0 Å². The molecule has 1 aromatic heterocycles. The lowest BCUT2D eigenvalue weighted by Gasteiger charge is -2.29. The molecule has 1 aliphatic rings. The van der Waals surface area contributed by atoms with Gasteiger partial charge in [-0.3, -0.25) is 4.79 Å². The van der Waals surface area contributed by atoms with Crippen LogP contribution in [0.2, 0.25) is 0 Å². The van der Waals surface area contributed by atoms with Crippen LogP contribution in [0.1, 0.15) is 36.3 Å². The van der Waals surface area contributed by atoms with Crippen LogP contribution in [-0.2, 0) is 6.42 Å². The van der Waals surface area contributed by atoms with E-state index in [-0.39, 0.29) is 5.91 Å². The smallest absolute Gasteiger partial charge is 0.278 e. The van der Waals surface area contributed by atoms with E-state index in [2.05, 4.69) is 34.8 Å². The molecule has 0 N–H and O–H groups in total. The van der Waals surface area contributed by atoms with Gasteiger partial charge in [0.2, 0.25) is 0 Å². The van der Waals surface area contributed by atoms with Crippen molar-refractivity contribution in [3.05, 3.63) is 47.9 Å². The average molecular weight is 310 g/mol. The first-order valence-electron chi connectivity index (χ1n) is 8.21. The SMILES string of the molecule is CCN(CC)c1cnc(C(=O)N2CCCc3ccccc32)cn1. The molecule has 23 heavy (non-hydrogen) atoms. The van der Waals surface area contributed by atoms with Crippen LogP contribution in [-0.4, -0.2) is 35.5 Å².